The number of amides is 1. The van der Waals surface area contributed by atoms with Crippen LogP contribution in [0.1, 0.15) is 68.9 Å². The lowest BCUT2D eigenvalue weighted by atomic mass is 9.93. The maximum atomic E-state index is 13.7. The highest BCUT2D eigenvalue weighted by Gasteiger charge is 2.32. The van der Waals surface area contributed by atoms with Gasteiger partial charge in [-0.15, -0.1) is 0 Å². The first kappa shape index (κ1) is 30.0. The van der Waals surface area contributed by atoms with Gasteiger partial charge < -0.3 is 24.9 Å². The molecule has 2 fully saturated rings. The molecular formula is C33H37ClFN3O4. The molecule has 0 bridgehead atoms. The summed E-state index contributed by atoms with van der Waals surface area (Å²) in [6.45, 7) is 4.16. The fourth-order valence-electron chi connectivity index (χ4n) is 5.44. The van der Waals surface area contributed by atoms with Gasteiger partial charge in [-0.3, -0.25) is 4.79 Å². The van der Waals surface area contributed by atoms with Crippen molar-refractivity contribution in [3.63, 3.8) is 0 Å². The van der Waals surface area contributed by atoms with E-state index in [2.05, 4.69) is 15.4 Å². The number of hydrogen-bond acceptors (Lipinski definition) is 6. The molecule has 6 rings (SSSR count). The molecule has 0 aromatic heterocycles. The number of likely N-dealkylation sites (tertiary alicyclic amines) is 1. The molecule has 2 N–H and O–H groups in total. The molecule has 3 aromatic carbocycles. The summed E-state index contributed by atoms with van der Waals surface area (Å²) in [7, 11) is 0. The van der Waals surface area contributed by atoms with Crippen LogP contribution in [0.4, 0.5) is 4.39 Å². The highest BCUT2D eigenvalue weighted by atomic mass is 35.5. The summed E-state index contributed by atoms with van der Waals surface area (Å²) in [6.07, 6.45) is 3.04. The molecule has 7 nitrogen and oxygen atoms in total. The Hall–Kier alpha value is -3.46. The Bertz CT molecular complexity index is 1450. The number of nitrogens with one attached hydrogen (secondary N) is 1. The molecular weight excluding hydrogens is 557 g/mol. The Kier molecular flexibility index (Phi) is 9.16. The number of aliphatic hydroxyl groups excluding tert-OH is 1. The van der Waals surface area contributed by atoms with E-state index in [1.807, 2.05) is 25.1 Å². The highest BCUT2D eigenvalue weighted by molar-refractivity contribution is 6.45. The molecule has 3 aliphatic rings. The van der Waals surface area contributed by atoms with Crippen LogP contribution >= 0.6 is 11.6 Å². The van der Waals surface area contributed by atoms with E-state index in [1.54, 1.807) is 30.3 Å². The maximum absolute atomic E-state index is 13.7. The Labute approximate surface area is 251 Å². The van der Waals surface area contributed by atoms with Crippen LogP contribution in [-0.4, -0.2) is 53.4 Å². The van der Waals surface area contributed by atoms with Gasteiger partial charge in [0.15, 0.2) is 11.8 Å². The summed E-state index contributed by atoms with van der Waals surface area (Å²) in [6, 6.07) is 16.6. The third kappa shape index (κ3) is 6.61. The van der Waals surface area contributed by atoms with E-state index in [0.29, 0.717) is 28.4 Å². The second-order valence-corrected chi connectivity index (χ2v) is 11.4. The zero-order valence-electron chi connectivity index (χ0n) is 22.9. The fourth-order valence-corrected chi connectivity index (χ4v) is 5.67. The Balaban J connectivity index is 0.00000353. The average Bonchev–Trinajstić information content (AvgIpc) is 3.65. The van der Waals surface area contributed by atoms with E-state index < -0.39 is 18.1 Å². The number of benzene rings is 3. The van der Waals surface area contributed by atoms with E-state index in [9.17, 15) is 14.3 Å². The minimum atomic E-state index is -1.00. The van der Waals surface area contributed by atoms with Crippen LogP contribution in [-0.2, 0) is 9.63 Å². The first-order valence-electron chi connectivity index (χ1n) is 14.2. The van der Waals surface area contributed by atoms with Crippen LogP contribution in [0.15, 0.2) is 65.8 Å². The van der Waals surface area contributed by atoms with Gasteiger partial charge in [0.25, 0.3) is 5.91 Å². The van der Waals surface area contributed by atoms with Gasteiger partial charge in [-0.25, -0.2) is 4.39 Å². The number of carbonyl (C=O) groups is 1. The molecule has 0 radical (unpaired) electrons. The number of aliphatic hydroxyl groups is 1. The minimum absolute atomic E-state index is 0. The van der Waals surface area contributed by atoms with Gasteiger partial charge in [-0.1, -0.05) is 54.5 Å². The number of nitrogens with zero attached hydrogens (tertiary/aromatic N) is 2. The van der Waals surface area contributed by atoms with Crippen molar-refractivity contribution < 1.29 is 23.9 Å². The van der Waals surface area contributed by atoms with E-state index in [-0.39, 0.29) is 31.2 Å². The lowest BCUT2D eigenvalue weighted by molar-refractivity contribution is -0.116. The zero-order chi connectivity index (χ0) is 28.5. The van der Waals surface area contributed by atoms with E-state index in [4.69, 9.17) is 21.2 Å². The van der Waals surface area contributed by atoms with Crippen molar-refractivity contribution in [2.24, 2.45) is 5.16 Å². The molecule has 1 amide bonds. The van der Waals surface area contributed by atoms with Gasteiger partial charge in [0.2, 0.25) is 0 Å². The lowest BCUT2D eigenvalue weighted by Gasteiger charge is -2.30. The summed E-state index contributed by atoms with van der Waals surface area (Å²) < 4.78 is 19.3. The number of halogens is 2. The van der Waals surface area contributed by atoms with Crippen LogP contribution in [0.25, 0.3) is 11.1 Å². The molecule has 1 saturated carbocycles. The zero-order valence-corrected chi connectivity index (χ0v) is 23.6. The van der Waals surface area contributed by atoms with Crippen LogP contribution in [0.5, 0.6) is 5.75 Å². The Morgan fingerprint density at radius 3 is 2.52 bits per heavy atom. The summed E-state index contributed by atoms with van der Waals surface area (Å²) in [5.74, 6) is -0.134. The second-order valence-electron chi connectivity index (χ2n) is 11.0. The summed E-state index contributed by atoms with van der Waals surface area (Å²) in [5, 5.41) is 19.1. The third-order valence-corrected chi connectivity index (χ3v) is 8.20. The minimum Gasteiger partial charge on any atom is -0.489 e. The molecule has 9 heteroatoms. The van der Waals surface area contributed by atoms with E-state index >= 15 is 0 Å². The Morgan fingerprint density at radius 1 is 1.12 bits per heavy atom. The normalized spacial score (nSPS) is 19.5. The van der Waals surface area contributed by atoms with Gasteiger partial charge in [-0.05, 0) is 92.7 Å². The molecule has 2 aliphatic heterocycles. The molecule has 42 heavy (non-hydrogen) atoms. The Morgan fingerprint density at radius 2 is 1.83 bits per heavy atom. The quantitative estimate of drug-likeness (QED) is 0.299. The van der Waals surface area contributed by atoms with Crippen molar-refractivity contribution >= 4 is 23.2 Å². The second kappa shape index (κ2) is 12.8. The van der Waals surface area contributed by atoms with Crippen molar-refractivity contribution in [1.82, 2.24) is 10.2 Å². The monoisotopic (exact) mass is 593 g/mol. The van der Waals surface area contributed by atoms with Gasteiger partial charge in [-0.2, -0.15) is 0 Å². The molecule has 1 aliphatic carbocycles. The number of fused-ring (bicyclic) bond motifs is 1. The predicted molar refractivity (Wildman–Crippen MR) is 162 cm³/mol. The van der Waals surface area contributed by atoms with Crippen LogP contribution in [0, 0.1) is 5.82 Å². The highest BCUT2D eigenvalue weighted by Crippen LogP contribution is 2.35. The number of ether oxygens (including phenoxy) is 1. The van der Waals surface area contributed by atoms with E-state index in [0.717, 1.165) is 55.5 Å². The van der Waals surface area contributed by atoms with Crippen molar-refractivity contribution in [2.75, 3.05) is 19.6 Å². The number of rotatable bonds is 9. The number of hydrogen-bond donors (Lipinski definition) is 2. The lowest BCUT2D eigenvalue weighted by Crippen LogP contribution is -2.49. The largest absolute Gasteiger partial charge is 0.489 e. The maximum Gasteiger partial charge on any atom is 0.274 e. The molecule has 3 atom stereocenters. The first-order valence-corrected chi connectivity index (χ1v) is 14.5. The smallest absolute Gasteiger partial charge is 0.274 e. The van der Waals surface area contributed by atoms with Gasteiger partial charge >= 0.3 is 0 Å². The van der Waals surface area contributed by atoms with Gasteiger partial charge in [0.1, 0.15) is 17.7 Å². The summed E-state index contributed by atoms with van der Waals surface area (Å²) in [5.41, 5.74) is 3.95. The molecule has 222 valence electrons. The van der Waals surface area contributed by atoms with Crippen LogP contribution in [0.2, 0.25) is 5.02 Å². The SMILES string of the molecule is C.CC1ON=C(C(=O)N[C@H](CN2CCCC2)[C@H](O)c2ccc(OC3CC3)c(Cl)c2)c2ccc(-c3ccc(F)cc3)cc21. The average molecular weight is 594 g/mol. The third-order valence-electron chi connectivity index (χ3n) is 7.91. The molecule has 1 unspecified atom stereocenters. The summed E-state index contributed by atoms with van der Waals surface area (Å²) in [4.78, 5) is 21.6. The van der Waals surface area contributed by atoms with Crippen molar-refractivity contribution in [3.05, 3.63) is 88.2 Å². The van der Waals surface area contributed by atoms with Crippen molar-refractivity contribution in [1.29, 1.82) is 0 Å². The predicted octanol–water partition coefficient (Wildman–Crippen LogP) is 6.43. The topological polar surface area (TPSA) is 83.4 Å². The molecule has 0 spiro atoms. The molecule has 2 heterocycles. The first-order chi connectivity index (χ1) is 19.9. The van der Waals surface area contributed by atoms with E-state index in [1.165, 1.54) is 12.1 Å². The van der Waals surface area contributed by atoms with Crippen LogP contribution < -0.4 is 10.1 Å². The fraction of sp³-hybridized carbons (Fsp3) is 0.394. The summed E-state index contributed by atoms with van der Waals surface area (Å²) >= 11 is 6.49. The van der Waals surface area contributed by atoms with Gasteiger partial charge in [0.05, 0.1) is 17.2 Å². The number of carbonyl (C=O) groups excluding carboxylic acids is 1. The van der Waals surface area contributed by atoms with Gasteiger partial charge in [0, 0.05) is 17.7 Å². The number of oxime groups is 1. The standard InChI is InChI=1S/C32H33ClFN3O4.CH4/c1-19-26-16-21(20-4-8-23(34)9-5-20)6-12-25(26)30(36-41-19)32(39)35-28(18-37-14-2-3-15-37)31(38)22-7-13-29(27(33)17-22)40-24-10-11-24;/h4-9,12-13,16-17,19,24,28,31,38H,2-3,10-11,14-15,18H2,1H3,(H,35,39);1H4/t19?,28-,31-;/m1./s1. The molecule has 1 saturated heterocycles. The van der Waals surface area contributed by atoms with Crippen molar-refractivity contribution in [3.8, 4) is 16.9 Å². The molecule has 3 aromatic rings. The van der Waals surface area contributed by atoms with Crippen molar-refractivity contribution in [2.45, 2.75) is 64.4 Å². The van der Waals surface area contributed by atoms with Crippen LogP contribution in [0.3, 0.4) is 0 Å².